The van der Waals surface area contributed by atoms with Crippen LogP contribution in [0.3, 0.4) is 0 Å². The number of carbonyl (C=O) groups is 6. The van der Waals surface area contributed by atoms with Gasteiger partial charge in [-0.3, -0.25) is 34.2 Å². The third-order valence-electron chi connectivity index (χ3n) is 10.6. The lowest BCUT2D eigenvalue weighted by Gasteiger charge is -2.57. The van der Waals surface area contributed by atoms with E-state index in [1.807, 2.05) is 0 Å². The number of benzene rings is 2. The Balaban J connectivity index is 1.29. The van der Waals surface area contributed by atoms with Crippen molar-refractivity contribution in [2.75, 3.05) is 20.4 Å². The van der Waals surface area contributed by atoms with E-state index in [0.717, 1.165) is 7.05 Å². The molecule has 0 radical (unpaired) electrons. The molecule has 2 saturated carbocycles. The summed E-state index contributed by atoms with van der Waals surface area (Å²) < 4.78 is 257. The fraction of sp³-hybridized carbons (Fsp3) is 0.471. The average Bonchev–Trinajstić information content (AvgIpc) is 3.54. The zero-order valence-corrected chi connectivity index (χ0v) is 30.4. The molecule has 0 bridgehead atoms. The van der Waals surface area contributed by atoms with Crippen LogP contribution >= 0.6 is 0 Å². The highest BCUT2D eigenvalue weighted by Gasteiger charge is 2.96. The standard InChI is InChI=1S/C34H22F16N4O8/c1-3-61-26(60)54-22(58)14-7-5-12(9-16(14)23(54)59)62-10-51-24-31(43,44)27(35,36)17(28(37,38)32(24,45)46)18-29(39,40)33(47,48)25(34(49,50)30(18,41)42)52-19(55)11-4-6-13-15(8-11)21(57)53(2)20(13)56/h4-9,17-18,24-25,51H,3,10H2,1-2H3,(H,52,55). The quantitative estimate of drug-likeness (QED) is 0.182. The Morgan fingerprint density at radius 3 is 1.50 bits per heavy atom. The van der Waals surface area contributed by atoms with E-state index in [9.17, 15) is 28.8 Å². The Bertz CT molecular complexity index is 2250. The Labute approximate surface area is 333 Å². The molecule has 0 spiro atoms. The van der Waals surface area contributed by atoms with E-state index in [1.54, 1.807) is 0 Å². The third-order valence-corrected chi connectivity index (χ3v) is 10.6. The van der Waals surface area contributed by atoms with Gasteiger partial charge >= 0.3 is 53.5 Å². The first-order valence-corrected chi connectivity index (χ1v) is 17.1. The van der Waals surface area contributed by atoms with Crippen LogP contribution in [0.4, 0.5) is 75.0 Å². The highest BCUT2D eigenvalue weighted by molar-refractivity contribution is 6.28. The number of halogens is 16. The highest BCUT2D eigenvalue weighted by Crippen LogP contribution is 2.71. The van der Waals surface area contributed by atoms with Gasteiger partial charge in [-0.1, -0.05) is 0 Å². The summed E-state index contributed by atoms with van der Waals surface area (Å²) >= 11 is 0. The lowest BCUT2D eigenvalue weighted by Crippen LogP contribution is -2.85. The van der Waals surface area contributed by atoms with Crippen LogP contribution in [0, 0.1) is 11.8 Å². The van der Waals surface area contributed by atoms with Gasteiger partial charge in [-0.15, -0.1) is 0 Å². The molecule has 0 aromatic heterocycles. The Kier molecular flexibility index (Phi) is 10.3. The number of nitrogens with zero attached hydrogens (tertiary/aromatic N) is 2. The van der Waals surface area contributed by atoms with E-state index in [4.69, 9.17) is 0 Å². The molecule has 12 nitrogen and oxygen atoms in total. The predicted molar refractivity (Wildman–Crippen MR) is 167 cm³/mol. The van der Waals surface area contributed by atoms with Crippen LogP contribution in [-0.4, -0.2) is 125 Å². The summed E-state index contributed by atoms with van der Waals surface area (Å²) in [6.07, 6.45) is -1.48. The third kappa shape index (κ3) is 5.93. The first-order valence-electron chi connectivity index (χ1n) is 17.1. The minimum absolute atomic E-state index is 0.0373. The van der Waals surface area contributed by atoms with Crippen LogP contribution in [0.15, 0.2) is 36.4 Å². The zero-order chi connectivity index (χ0) is 46.9. The van der Waals surface area contributed by atoms with E-state index in [-0.39, 0.29) is 11.5 Å². The van der Waals surface area contributed by atoms with Crippen LogP contribution in [0.5, 0.6) is 5.75 Å². The van der Waals surface area contributed by atoms with E-state index in [2.05, 4.69) is 9.47 Å². The van der Waals surface area contributed by atoms with Crippen molar-refractivity contribution in [2.45, 2.75) is 66.4 Å². The van der Waals surface area contributed by atoms with Crippen LogP contribution in [0.25, 0.3) is 0 Å². The molecule has 2 aromatic carbocycles. The molecule has 2 N–H and O–H groups in total. The molecule has 62 heavy (non-hydrogen) atoms. The SMILES string of the molecule is CCOC(=O)N1C(=O)c2ccc(OCNC3C(F)(F)C(F)(F)C(C4C(F)(F)C(F)(F)C(NC(=O)c5ccc6c(c5)C(=O)N(C)C6=O)C(F)(F)C4(F)F)C(F)(F)C3(F)F)cc2C1=O. The number of imide groups is 4. The second-order valence-electron chi connectivity index (χ2n) is 14.1. The van der Waals surface area contributed by atoms with Gasteiger partial charge in [0, 0.05) is 12.6 Å². The smallest absolute Gasteiger partial charge is 0.424 e. The van der Waals surface area contributed by atoms with Crippen LogP contribution < -0.4 is 15.4 Å². The van der Waals surface area contributed by atoms with Crippen molar-refractivity contribution in [2.24, 2.45) is 11.8 Å². The van der Waals surface area contributed by atoms with Gasteiger partial charge in [0.1, 0.15) is 24.3 Å². The summed E-state index contributed by atoms with van der Waals surface area (Å²) in [6.45, 7) is -1.07. The number of fused-ring (bicyclic) bond motifs is 2. The average molecular weight is 919 g/mol. The van der Waals surface area contributed by atoms with Gasteiger partial charge in [0.2, 0.25) is 0 Å². The van der Waals surface area contributed by atoms with E-state index < -0.39 is 147 Å². The van der Waals surface area contributed by atoms with E-state index in [0.29, 0.717) is 51.9 Å². The van der Waals surface area contributed by atoms with Crippen molar-refractivity contribution in [3.05, 3.63) is 64.2 Å². The molecule has 6 rings (SSSR count). The normalized spacial score (nSPS) is 28.0. The summed E-state index contributed by atoms with van der Waals surface area (Å²) in [4.78, 5) is 74.3. The van der Waals surface area contributed by atoms with Gasteiger partial charge < -0.3 is 14.8 Å². The molecule has 338 valence electrons. The summed E-state index contributed by atoms with van der Waals surface area (Å²) in [5.41, 5.74) is -3.70. The van der Waals surface area contributed by atoms with Crippen molar-refractivity contribution < 1.29 is 108 Å². The fourth-order valence-corrected chi connectivity index (χ4v) is 7.37. The molecular weight excluding hydrogens is 896 g/mol. The van der Waals surface area contributed by atoms with Crippen molar-refractivity contribution in [3.63, 3.8) is 0 Å². The number of amides is 6. The molecular formula is C34H22F16N4O8. The summed E-state index contributed by atoms with van der Waals surface area (Å²) in [7, 11) is 0.891. The lowest BCUT2D eigenvalue weighted by atomic mass is 9.60. The number of hydrogen-bond donors (Lipinski definition) is 2. The van der Waals surface area contributed by atoms with Gasteiger partial charge in [0.05, 0.1) is 28.9 Å². The maximum atomic E-state index is 15.6. The van der Waals surface area contributed by atoms with Gasteiger partial charge in [-0.25, -0.2) is 4.79 Å². The first-order chi connectivity index (χ1) is 28.2. The molecule has 4 aliphatic rings. The van der Waals surface area contributed by atoms with Crippen molar-refractivity contribution >= 4 is 35.6 Å². The topological polar surface area (TPSA) is 151 Å². The predicted octanol–water partition coefficient (Wildman–Crippen LogP) is 6.10. The van der Waals surface area contributed by atoms with Crippen molar-refractivity contribution in [1.82, 2.24) is 20.4 Å². The molecule has 2 heterocycles. The number of rotatable bonds is 8. The maximum Gasteiger partial charge on any atom is 0.424 e. The van der Waals surface area contributed by atoms with E-state index >= 15 is 70.2 Å². The summed E-state index contributed by atoms with van der Waals surface area (Å²) in [6, 6.07) is -7.12. The number of ether oxygens (including phenoxy) is 2. The number of carbonyl (C=O) groups excluding carboxylic acids is 6. The monoisotopic (exact) mass is 918 g/mol. The molecule has 2 aliphatic carbocycles. The minimum atomic E-state index is -7.51. The van der Waals surface area contributed by atoms with E-state index in [1.165, 1.54) is 6.92 Å². The first kappa shape index (κ1) is 45.8. The van der Waals surface area contributed by atoms with Crippen molar-refractivity contribution in [3.8, 4) is 5.75 Å². The van der Waals surface area contributed by atoms with Gasteiger partial charge in [-0.05, 0) is 43.3 Å². The summed E-state index contributed by atoms with van der Waals surface area (Å²) in [5.74, 6) is -79.3. The van der Waals surface area contributed by atoms with Gasteiger partial charge in [0.15, 0.2) is 12.1 Å². The number of alkyl halides is 16. The fourth-order valence-electron chi connectivity index (χ4n) is 7.37. The number of nitrogens with one attached hydrogen (secondary N) is 2. The molecule has 28 heteroatoms. The molecule has 0 atom stereocenters. The van der Waals surface area contributed by atoms with Crippen molar-refractivity contribution in [1.29, 1.82) is 0 Å². The van der Waals surface area contributed by atoms with Crippen LogP contribution in [0.1, 0.15) is 58.7 Å². The number of hydrogen-bond acceptors (Lipinski definition) is 9. The van der Waals surface area contributed by atoms with Crippen LogP contribution in [0.2, 0.25) is 0 Å². The van der Waals surface area contributed by atoms with Gasteiger partial charge in [0.25, 0.3) is 29.5 Å². The second kappa shape index (κ2) is 13.9. The Hall–Kier alpha value is -5.70. The largest absolute Gasteiger partial charge is 0.478 e. The second-order valence-corrected chi connectivity index (χ2v) is 14.1. The molecule has 2 aliphatic heterocycles. The van der Waals surface area contributed by atoms with Crippen LogP contribution in [-0.2, 0) is 4.74 Å². The Morgan fingerprint density at radius 1 is 0.581 bits per heavy atom. The Morgan fingerprint density at radius 2 is 1.00 bits per heavy atom. The summed E-state index contributed by atoms with van der Waals surface area (Å²) in [5, 5.41) is 1.04. The van der Waals surface area contributed by atoms with Gasteiger partial charge in [-0.2, -0.15) is 75.1 Å². The molecule has 2 aromatic rings. The molecule has 0 saturated heterocycles. The molecule has 6 amide bonds. The molecule has 0 unspecified atom stereocenters. The lowest BCUT2D eigenvalue weighted by molar-refractivity contribution is -0.454. The molecule has 2 fully saturated rings. The highest BCUT2D eigenvalue weighted by atomic mass is 19.4. The maximum absolute atomic E-state index is 15.6. The zero-order valence-electron chi connectivity index (χ0n) is 30.4. The minimum Gasteiger partial charge on any atom is -0.478 e.